The number of aryl methyl sites for hydroxylation is 1. The summed E-state index contributed by atoms with van der Waals surface area (Å²) in [5, 5.41) is 12.5. The van der Waals surface area contributed by atoms with Gasteiger partial charge in [-0.15, -0.1) is 0 Å². The van der Waals surface area contributed by atoms with Crippen LogP contribution in [0.3, 0.4) is 0 Å². The highest BCUT2D eigenvalue weighted by molar-refractivity contribution is 5.55. The summed E-state index contributed by atoms with van der Waals surface area (Å²) in [7, 11) is 0. The normalized spacial score (nSPS) is 22.6. The lowest BCUT2D eigenvalue weighted by Crippen LogP contribution is -2.61. The third-order valence-corrected chi connectivity index (χ3v) is 3.57. The first-order valence-electron chi connectivity index (χ1n) is 6.48. The highest BCUT2D eigenvalue weighted by Crippen LogP contribution is 2.27. The predicted octanol–water partition coefficient (Wildman–Crippen LogP) is 2.47. The number of anilines is 1. The van der Waals surface area contributed by atoms with Crippen molar-refractivity contribution in [1.82, 2.24) is 5.32 Å². The van der Waals surface area contributed by atoms with Crippen LogP contribution in [0.2, 0.25) is 0 Å². The summed E-state index contributed by atoms with van der Waals surface area (Å²) < 4.78 is 0. The molecule has 0 bridgehead atoms. The Bertz CT molecular complexity index is 459. The average Bonchev–Trinajstić information content (AvgIpc) is 2.32. The molecule has 0 saturated carbocycles. The van der Waals surface area contributed by atoms with Crippen molar-refractivity contribution in [2.24, 2.45) is 0 Å². The Labute approximate surface area is 109 Å². The van der Waals surface area contributed by atoms with Gasteiger partial charge < -0.3 is 10.2 Å². The average molecular weight is 243 g/mol. The van der Waals surface area contributed by atoms with Crippen molar-refractivity contribution < 1.29 is 0 Å². The molecule has 1 fully saturated rings. The van der Waals surface area contributed by atoms with E-state index in [9.17, 15) is 0 Å². The first-order chi connectivity index (χ1) is 8.53. The van der Waals surface area contributed by atoms with Gasteiger partial charge in [0.15, 0.2) is 0 Å². The number of nitrogens with zero attached hydrogens (tertiary/aromatic N) is 2. The quantitative estimate of drug-likeness (QED) is 0.867. The zero-order valence-electron chi connectivity index (χ0n) is 11.4. The fourth-order valence-electron chi connectivity index (χ4n) is 2.57. The number of nitriles is 1. The van der Waals surface area contributed by atoms with Crippen LogP contribution in [-0.4, -0.2) is 24.7 Å². The fraction of sp³-hybridized carbons (Fsp3) is 0.533. The van der Waals surface area contributed by atoms with Gasteiger partial charge in [-0.2, -0.15) is 5.26 Å². The fourth-order valence-corrected chi connectivity index (χ4v) is 2.57. The molecule has 1 aromatic carbocycles. The van der Waals surface area contributed by atoms with Crippen LogP contribution in [0.1, 0.15) is 25.8 Å². The Morgan fingerprint density at radius 3 is 2.83 bits per heavy atom. The Morgan fingerprint density at radius 2 is 2.17 bits per heavy atom. The number of nitrogens with one attached hydrogen (secondary N) is 1. The van der Waals surface area contributed by atoms with Gasteiger partial charge >= 0.3 is 0 Å². The molecule has 1 aliphatic heterocycles. The Balaban J connectivity index is 2.31. The van der Waals surface area contributed by atoms with E-state index < -0.39 is 0 Å². The topological polar surface area (TPSA) is 39.1 Å². The number of hydrogen-bond donors (Lipinski definition) is 1. The summed E-state index contributed by atoms with van der Waals surface area (Å²) in [6.07, 6.45) is 0.567. The lowest BCUT2D eigenvalue weighted by Gasteiger charge is -2.45. The monoisotopic (exact) mass is 243 g/mol. The lowest BCUT2D eigenvalue weighted by atomic mass is 9.96. The lowest BCUT2D eigenvalue weighted by molar-refractivity contribution is 0.311. The molecule has 2 rings (SSSR count). The number of para-hydroxylation sites is 1. The summed E-state index contributed by atoms with van der Waals surface area (Å²) in [6, 6.07) is 11.0. The van der Waals surface area contributed by atoms with E-state index in [-0.39, 0.29) is 11.6 Å². The summed E-state index contributed by atoms with van der Waals surface area (Å²) in [5.74, 6) is 0. The summed E-state index contributed by atoms with van der Waals surface area (Å²) in [5.41, 5.74) is 2.62. The van der Waals surface area contributed by atoms with Crippen molar-refractivity contribution in [3.63, 3.8) is 0 Å². The summed E-state index contributed by atoms with van der Waals surface area (Å²) >= 11 is 0. The van der Waals surface area contributed by atoms with Gasteiger partial charge in [-0.1, -0.05) is 18.2 Å². The van der Waals surface area contributed by atoms with Crippen molar-refractivity contribution in [2.45, 2.75) is 38.8 Å². The van der Waals surface area contributed by atoms with E-state index in [2.05, 4.69) is 61.3 Å². The van der Waals surface area contributed by atoms with Gasteiger partial charge in [0.25, 0.3) is 0 Å². The van der Waals surface area contributed by atoms with Gasteiger partial charge in [0.1, 0.15) is 0 Å². The Morgan fingerprint density at radius 1 is 1.44 bits per heavy atom. The Hall–Kier alpha value is -1.53. The van der Waals surface area contributed by atoms with Crippen LogP contribution in [0.5, 0.6) is 0 Å². The number of rotatable bonds is 2. The first kappa shape index (κ1) is 12.9. The highest BCUT2D eigenvalue weighted by Gasteiger charge is 2.32. The first-order valence-corrected chi connectivity index (χ1v) is 6.48. The molecule has 18 heavy (non-hydrogen) atoms. The molecule has 1 aromatic rings. The van der Waals surface area contributed by atoms with Crippen LogP contribution in [-0.2, 0) is 0 Å². The number of hydrogen-bond acceptors (Lipinski definition) is 3. The molecule has 0 aliphatic carbocycles. The van der Waals surface area contributed by atoms with Gasteiger partial charge in [0.05, 0.1) is 18.5 Å². The zero-order valence-corrected chi connectivity index (χ0v) is 11.4. The second-order valence-corrected chi connectivity index (χ2v) is 5.70. The van der Waals surface area contributed by atoms with Crippen molar-refractivity contribution in [3.8, 4) is 6.07 Å². The van der Waals surface area contributed by atoms with Crippen LogP contribution < -0.4 is 10.2 Å². The minimum atomic E-state index is 0.0915. The number of piperazine rings is 1. The van der Waals surface area contributed by atoms with Crippen molar-refractivity contribution in [3.05, 3.63) is 29.8 Å². The molecule has 96 valence electrons. The summed E-state index contributed by atoms with van der Waals surface area (Å²) in [6.45, 7) is 8.36. The van der Waals surface area contributed by atoms with Gasteiger partial charge in [0.2, 0.25) is 0 Å². The minimum absolute atomic E-state index is 0.0915. The predicted molar refractivity (Wildman–Crippen MR) is 74.6 cm³/mol. The van der Waals surface area contributed by atoms with Crippen molar-refractivity contribution in [1.29, 1.82) is 5.26 Å². The second-order valence-electron chi connectivity index (χ2n) is 5.70. The zero-order chi connectivity index (χ0) is 13.2. The third kappa shape index (κ3) is 2.65. The van der Waals surface area contributed by atoms with Gasteiger partial charge in [-0.05, 0) is 32.4 Å². The SMILES string of the molecule is Cc1ccccc1N1CC(C)(C)NCC1CC#N. The molecule has 1 aliphatic rings. The van der Waals surface area contributed by atoms with E-state index in [1.54, 1.807) is 0 Å². The van der Waals surface area contributed by atoms with Gasteiger partial charge in [-0.25, -0.2) is 0 Å². The third-order valence-electron chi connectivity index (χ3n) is 3.57. The van der Waals surface area contributed by atoms with Gasteiger partial charge in [0, 0.05) is 24.3 Å². The van der Waals surface area contributed by atoms with E-state index in [1.807, 2.05) is 0 Å². The second kappa shape index (κ2) is 4.99. The van der Waals surface area contributed by atoms with Crippen LogP contribution in [0, 0.1) is 18.3 Å². The van der Waals surface area contributed by atoms with E-state index >= 15 is 0 Å². The minimum Gasteiger partial charge on any atom is -0.364 e. The van der Waals surface area contributed by atoms with Crippen molar-refractivity contribution >= 4 is 5.69 Å². The highest BCUT2D eigenvalue weighted by atomic mass is 15.3. The number of benzene rings is 1. The van der Waals surface area contributed by atoms with E-state index in [0.29, 0.717) is 6.42 Å². The van der Waals surface area contributed by atoms with Crippen LogP contribution in [0.4, 0.5) is 5.69 Å². The largest absolute Gasteiger partial charge is 0.364 e. The molecule has 1 heterocycles. The molecular weight excluding hydrogens is 222 g/mol. The molecule has 0 spiro atoms. The van der Waals surface area contributed by atoms with E-state index in [4.69, 9.17) is 5.26 Å². The summed E-state index contributed by atoms with van der Waals surface area (Å²) in [4.78, 5) is 2.38. The van der Waals surface area contributed by atoms with Crippen LogP contribution in [0.25, 0.3) is 0 Å². The molecule has 3 nitrogen and oxygen atoms in total. The molecule has 0 radical (unpaired) electrons. The van der Waals surface area contributed by atoms with E-state index in [0.717, 1.165) is 13.1 Å². The maximum atomic E-state index is 8.98. The standard InChI is InChI=1S/C15H21N3/c1-12-6-4-5-7-14(12)18-11-15(2,3)17-10-13(18)8-9-16/h4-7,13,17H,8,10-11H2,1-3H3. The van der Waals surface area contributed by atoms with Crippen molar-refractivity contribution in [2.75, 3.05) is 18.0 Å². The molecule has 0 aromatic heterocycles. The van der Waals surface area contributed by atoms with Crippen LogP contribution in [0.15, 0.2) is 24.3 Å². The molecular formula is C15H21N3. The van der Waals surface area contributed by atoms with Crippen LogP contribution >= 0.6 is 0 Å². The Kier molecular flexibility index (Phi) is 3.58. The molecule has 1 atom stereocenters. The maximum absolute atomic E-state index is 8.98. The molecule has 1 saturated heterocycles. The smallest absolute Gasteiger partial charge is 0.0643 e. The molecule has 0 amide bonds. The molecule has 1 N–H and O–H groups in total. The van der Waals surface area contributed by atoms with E-state index in [1.165, 1.54) is 11.3 Å². The maximum Gasteiger partial charge on any atom is 0.0643 e. The molecule has 1 unspecified atom stereocenters. The molecule has 3 heteroatoms. The van der Waals surface area contributed by atoms with Gasteiger partial charge in [-0.3, -0.25) is 0 Å².